The van der Waals surface area contributed by atoms with Gasteiger partial charge >= 0.3 is 0 Å². The highest BCUT2D eigenvalue weighted by atomic mass is 79.9. The van der Waals surface area contributed by atoms with Gasteiger partial charge in [-0.3, -0.25) is 0 Å². The van der Waals surface area contributed by atoms with Gasteiger partial charge in [0, 0.05) is 15.0 Å². The number of aliphatic hydroxyl groups is 1. The third-order valence-electron chi connectivity index (χ3n) is 3.20. The largest absolute Gasteiger partial charge is 0.397 e. The van der Waals surface area contributed by atoms with Crippen molar-refractivity contribution in [2.24, 2.45) is 5.73 Å². The molecule has 18 heavy (non-hydrogen) atoms. The second-order valence-electron chi connectivity index (χ2n) is 4.67. The number of hydrogen-bond donors (Lipinski definition) is 3. The first-order valence-corrected chi connectivity index (χ1v) is 7.44. The summed E-state index contributed by atoms with van der Waals surface area (Å²) in [6.45, 7) is 0. The average Bonchev–Trinajstić information content (AvgIpc) is 2.30. The van der Waals surface area contributed by atoms with E-state index in [1.165, 1.54) is 0 Å². The Labute approximate surface area is 123 Å². The predicted octanol–water partition coefficient (Wildman–Crippen LogP) is 3.05. The van der Waals surface area contributed by atoms with E-state index in [1.54, 1.807) is 0 Å². The van der Waals surface area contributed by atoms with Crippen molar-refractivity contribution in [3.05, 3.63) is 32.2 Å². The summed E-state index contributed by atoms with van der Waals surface area (Å²) in [5.74, 6) is 0. The maximum Gasteiger partial charge on any atom is 0.0754 e. The lowest BCUT2D eigenvalue weighted by molar-refractivity contribution is 0.173. The third kappa shape index (κ3) is 3.15. The lowest BCUT2D eigenvalue weighted by Gasteiger charge is -2.26. The number of benzene rings is 1. The summed E-state index contributed by atoms with van der Waals surface area (Å²) in [5.41, 5.74) is 14.5. The number of halogens is 2. The van der Waals surface area contributed by atoms with Crippen molar-refractivity contribution in [2.45, 2.75) is 31.4 Å². The number of hydrogen-bond acceptors (Lipinski definition) is 3. The number of aliphatic hydroxyl groups excluding tert-OH is 1. The van der Waals surface area contributed by atoms with Crippen LogP contribution in [0.15, 0.2) is 26.7 Å². The van der Waals surface area contributed by atoms with E-state index in [0.29, 0.717) is 5.69 Å². The fraction of sp³-hybridized carbons (Fsp3) is 0.385. The summed E-state index contributed by atoms with van der Waals surface area (Å²) >= 11 is 6.85. The molecule has 0 aliphatic heterocycles. The van der Waals surface area contributed by atoms with Gasteiger partial charge in [0.15, 0.2) is 0 Å². The summed E-state index contributed by atoms with van der Waals surface area (Å²) < 4.78 is 1.79. The van der Waals surface area contributed by atoms with E-state index in [0.717, 1.165) is 39.3 Å². The highest BCUT2D eigenvalue weighted by Gasteiger charge is 2.21. The Hall–Kier alpha value is -0.360. The molecule has 0 saturated heterocycles. The van der Waals surface area contributed by atoms with E-state index < -0.39 is 6.10 Å². The molecule has 2 atom stereocenters. The molecule has 1 aromatic rings. The van der Waals surface area contributed by atoms with Crippen LogP contribution >= 0.6 is 31.9 Å². The first-order valence-electron chi connectivity index (χ1n) is 5.86. The Kier molecular flexibility index (Phi) is 4.48. The Morgan fingerprint density at radius 2 is 2.00 bits per heavy atom. The Balaban J connectivity index is 2.37. The minimum Gasteiger partial charge on any atom is -0.397 e. The van der Waals surface area contributed by atoms with E-state index in [9.17, 15) is 5.11 Å². The molecular weight excluding hydrogens is 360 g/mol. The monoisotopic (exact) mass is 374 g/mol. The molecule has 0 aromatic heterocycles. The van der Waals surface area contributed by atoms with E-state index >= 15 is 0 Å². The lowest BCUT2D eigenvalue weighted by atomic mass is 9.87. The smallest absolute Gasteiger partial charge is 0.0754 e. The second-order valence-corrected chi connectivity index (χ2v) is 6.44. The zero-order chi connectivity index (χ0) is 13.3. The fourth-order valence-electron chi connectivity index (χ4n) is 2.18. The van der Waals surface area contributed by atoms with Crippen LogP contribution in [0.5, 0.6) is 0 Å². The number of rotatable bonds is 1. The average molecular weight is 376 g/mol. The van der Waals surface area contributed by atoms with E-state index in [2.05, 4.69) is 31.9 Å². The Morgan fingerprint density at radius 1 is 1.28 bits per heavy atom. The molecule has 1 aromatic carbocycles. The van der Waals surface area contributed by atoms with Crippen LogP contribution in [0.3, 0.4) is 0 Å². The summed E-state index contributed by atoms with van der Waals surface area (Å²) in [6.07, 6.45) is 3.87. The summed E-state index contributed by atoms with van der Waals surface area (Å²) in [4.78, 5) is 0. The van der Waals surface area contributed by atoms with Gasteiger partial charge in [0.25, 0.3) is 0 Å². The molecule has 0 amide bonds. The quantitative estimate of drug-likeness (QED) is 0.660. The van der Waals surface area contributed by atoms with Gasteiger partial charge in [0.2, 0.25) is 0 Å². The molecule has 0 unspecified atom stereocenters. The number of nitrogens with two attached hydrogens (primary N) is 2. The summed E-state index contributed by atoms with van der Waals surface area (Å²) in [7, 11) is 0. The first kappa shape index (κ1) is 14.1. The molecular formula is C13H16Br2N2O. The number of nitrogen functional groups attached to an aromatic ring is 1. The second kappa shape index (κ2) is 5.74. The molecule has 1 aliphatic carbocycles. The van der Waals surface area contributed by atoms with Crippen molar-refractivity contribution < 1.29 is 5.11 Å². The van der Waals surface area contributed by atoms with Crippen molar-refractivity contribution >= 4 is 43.6 Å². The van der Waals surface area contributed by atoms with Gasteiger partial charge in [0.05, 0.1) is 11.8 Å². The standard InChI is InChI=1S/C13H16Br2N2O/c14-9-4-8(13(17)11(15)6-9)3-7-5-10(16)1-2-12(7)18/h3-4,6,10,12,18H,1-2,5,16-17H2/t10-,12-/m1/s1. The molecule has 0 heterocycles. The van der Waals surface area contributed by atoms with Crippen molar-refractivity contribution in [1.82, 2.24) is 0 Å². The minimum atomic E-state index is -0.401. The molecule has 2 rings (SSSR count). The van der Waals surface area contributed by atoms with Gasteiger partial charge in [-0.2, -0.15) is 0 Å². The highest BCUT2D eigenvalue weighted by Crippen LogP contribution is 2.32. The van der Waals surface area contributed by atoms with Crippen LogP contribution in [0.1, 0.15) is 24.8 Å². The third-order valence-corrected chi connectivity index (χ3v) is 4.32. The van der Waals surface area contributed by atoms with Crippen LogP contribution in [0.4, 0.5) is 5.69 Å². The zero-order valence-electron chi connectivity index (χ0n) is 9.87. The minimum absolute atomic E-state index is 0.136. The van der Waals surface area contributed by atoms with Crippen LogP contribution in [0.25, 0.3) is 6.08 Å². The first-order chi connectivity index (χ1) is 8.47. The SMILES string of the molecule is Nc1c(Br)cc(Br)cc1C=C1C[C@H](N)CC[C@H]1O. The zero-order valence-corrected chi connectivity index (χ0v) is 13.0. The normalized spacial score (nSPS) is 26.6. The molecule has 5 N–H and O–H groups in total. The van der Waals surface area contributed by atoms with Crippen molar-refractivity contribution in [3.63, 3.8) is 0 Å². The predicted molar refractivity (Wildman–Crippen MR) is 82.1 cm³/mol. The van der Waals surface area contributed by atoms with Crippen LogP contribution in [0.2, 0.25) is 0 Å². The van der Waals surface area contributed by atoms with Gasteiger partial charge in [-0.1, -0.05) is 22.0 Å². The van der Waals surface area contributed by atoms with Gasteiger partial charge in [0.1, 0.15) is 0 Å². The molecule has 1 saturated carbocycles. The van der Waals surface area contributed by atoms with E-state index in [4.69, 9.17) is 11.5 Å². The molecule has 5 heteroatoms. The molecule has 0 bridgehead atoms. The Bertz CT molecular complexity index is 488. The molecule has 0 spiro atoms. The lowest BCUT2D eigenvalue weighted by Crippen LogP contribution is -2.30. The topological polar surface area (TPSA) is 72.3 Å². The maximum absolute atomic E-state index is 9.99. The summed E-state index contributed by atoms with van der Waals surface area (Å²) in [5, 5.41) is 9.99. The molecule has 98 valence electrons. The molecule has 1 fully saturated rings. The molecule has 3 nitrogen and oxygen atoms in total. The van der Waals surface area contributed by atoms with Crippen LogP contribution in [-0.4, -0.2) is 17.3 Å². The van der Waals surface area contributed by atoms with Gasteiger partial charge < -0.3 is 16.6 Å². The van der Waals surface area contributed by atoms with Crippen molar-refractivity contribution in [1.29, 1.82) is 0 Å². The van der Waals surface area contributed by atoms with Crippen LogP contribution in [0, 0.1) is 0 Å². The fourth-order valence-corrected chi connectivity index (χ4v) is 3.44. The van der Waals surface area contributed by atoms with Gasteiger partial charge in [-0.05, 0) is 58.5 Å². The van der Waals surface area contributed by atoms with E-state index in [1.807, 2.05) is 18.2 Å². The Morgan fingerprint density at radius 3 is 2.72 bits per heavy atom. The van der Waals surface area contributed by atoms with Crippen molar-refractivity contribution in [3.8, 4) is 0 Å². The van der Waals surface area contributed by atoms with Gasteiger partial charge in [-0.25, -0.2) is 0 Å². The van der Waals surface area contributed by atoms with Gasteiger partial charge in [-0.15, -0.1) is 0 Å². The van der Waals surface area contributed by atoms with Crippen LogP contribution < -0.4 is 11.5 Å². The maximum atomic E-state index is 9.99. The summed E-state index contributed by atoms with van der Waals surface area (Å²) in [6, 6.07) is 3.98. The van der Waals surface area contributed by atoms with Crippen LogP contribution in [-0.2, 0) is 0 Å². The highest BCUT2D eigenvalue weighted by molar-refractivity contribution is 9.11. The molecule has 0 radical (unpaired) electrons. The molecule has 1 aliphatic rings. The van der Waals surface area contributed by atoms with E-state index in [-0.39, 0.29) is 6.04 Å². The van der Waals surface area contributed by atoms with Crippen molar-refractivity contribution in [2.75, 3.05) is 5.73 Å². The number of anilines is 1.